The number of aromatic amines is 2. The summed E-state index contributed by atoms with van der Waals surface area (Å²) in [4.78, 5) is 30.0. The molecule has 0 aliphatic rings. The maximum atomic E-state index is 11.3. The Bertz CT molecular complexity index is 444. The number of aromatic nitrogens is 6. The summed E-state index contributed by atoms with van der Waals surface area (Å²) in [6.45, 7) is 0. The van der Waals surface area contributed by atoms with Gasteiger partial charge in [-0.25, -0.2) is 10.2 Å². The van der Waals surface area contributed by atoms with Crippen molar-refractivity contribution in [2.24, 2.45) is 0 Å². The summed E-state index contributed by atoms with van der Waals surface area (Å²) < 4.78 is 0. The number of nitrogens with zero attached hydrogens (tertiary/aromatic N) is 4. The first kappa shape index (κ1) is 10.7. The van der Waals surface area contributed by atoms with E-state index in [2.05, 4.69) is 41.0 Å². The summed E-state index contributed by atoms with van der Waals surface area (Å²) in [7, 11) is 0. The molecule has 0 saturated heterocycles. The molecule has 0 spiro atoms. The molecule has 0 fully saturated rings. The fourth-order valence-corrected chi connectivity index (χ4v) is 1.03. The summed E-state index contributed by atoms with van der Waals surface area (Å²) in [5, 5.41) is 16.7. The molecule has 2 heterocycles. The number of carbonyl (C=O) groups excluding carboxylic acids is 2. The summed E-state index contributed by atoms with van der Waals surface area (Å²) in [5.74, 6) is -0.664. The van der Waals surface area contributed by atoms with Crippen LogP contribution in [0, 0.1) is 0 Å². The highest BCUT2D eigenvalue weighted by molar-refractivity contribution is 6.07. The number of anilines is 2. The second kappa shape index (κ2) is 4.83. The van der Waals surface area contributed by atoms with Crippen LogP contribution in [0.15, 0.2) is 12.7 Å². The van der Waals surface area contributed by atoms with Crippen LogP contribution in [0.1, 0.15) is 6.42 Å². The van der Waals surface area contributed by atoms with Gasteiger partial charge < -0.3 is 0 Å². The van der Waals surface area contributed by atoms with Crippen LogP contribution in [0.25, 0.3) is 0 Å². The normalized spacial score (nSPS) is 9.88. The molecule has 0 aliphatic heterocycles. The lowest BCUT2D eigenvalue weighted by Gasteiger charge is -2.01. The van der Waals surface area contributed by atoms with E-state index in [0.29, 0.717) is 0 Å². The highest BCUT2D eigenvalue weighted by Crippen LogP contribution is 1.97. The fourth-order valence-electron chi connectivity index (χ4n) is 1.03. The van der Waals surface area contributed by atoms with Crippen molar-refractivity contribution in [1.29, 1.82) is 0 Å². The zero-order valence-electron chi connectivity index (χ0n) is 8.47. The lowest BCUT2D eigenvalue weighted by atomic mass is 10.4. The number of hydrogen-bond donors (Lipinski definition) is 4. The Hall–Kier alpha value is -2.78. The van der Waals surface area contributed by atoms with Gasteiger partial charge in [-0.05, 0) is 0 Å². The van der Waals surface area contributed by atoms with Gasteiger partial charge in [-0.15, -0.1) is 0 Å². The van der Waals surface area contributed by atoms with E-state index in [0.717, 1.165) is 0 Å². The number of amides is 2. The van der Waals surface area contributed by atoms with E-state index in [-0.39, 0.29) is 18.3 Å². The maximum absolute atomic E-state index is 11.3. The number of H-pyrrole nitrogens is 2. The summed E-state index contributed by atoms with van der Waals surface area (Å²) in [5.41, 5.74) is 0. The molecule has 0 radical (unpaired) electrons. The van der Waals surface area contributed by atoms with E-state index in [1.54, 1.807) is 0 Å². The minimum absolute atomic E-state index is 0.183. The van der Waals surface area contributed by atoms with Crippen LogP contribution in [0.4, 0.5) is 11.9 Å². The zero-order valence-corrected chi connectivity index (χ0v) is 8.47. The van der Waals surface area contributed by atoms with Crippen molar-refractivity contribution in [3.63, 3.8) is 0 Å². The Morgan fingerprint density at radius 1 is 1.00 bits per heavy atom. The molecule has 2 amide bonds. The molecule has 0 aromatic carbocycles. The molecule has 0 saturated carbocycles. The molecule has 88 valence electrons. The first-order chi connectivity index (χ1) is 8.24. The average molecular weight is 236 g/mol. The molecule has 4 N–H and O–H groups in total. The minimum atomic E-state index is -0.515. The van der Waals surface area contributed by atoms with E-state index >= 15 is 0 Å². The summed E-state index contributed by atoms with van der Waals surface area (Å²) >= 11 is 0. The number of carbonyl (C=O) groups is 2. The average Bonchev–Trinajstić information content (AvgIpc) is 2.90. The van der Waals surface area contributed by atoms with E-state index in [1.807, 2.05) is 0 Å². The van der Waals surface area contributed by atoms with Gasteiger partial charge in [0.1, 0.15) is 19.1 Å². The largest absolute Gasteiger partial charge is 0.294 e. The van der Waals surface area contributed by atoms with Gasteiger partial charge >= 0.3 is 0 Å². The molecule has 10 nitrogen and oxygen atoms in total. The Morgan fingerprint density at radius 2 is 1.47 bits per heavy atom. The molecule has 10 heteroatoms. The first-order valence-corrected chi connectivity index (χ1v) is 4.54. The highest BCUT2D eigenvalue weighted by atomic mass is 16.2. The van der Waals surface area contributed by atoms with Crippen molar-refractivity contribution in [2.45, 2.75) is 6.42 Å². The molecule has 0 aliphatic carbocycles. The van der Waals surface area contributed by atoms with Crippen molar-refractivity contribution >= 4 is 23.7 Å². The van der Waals surface area contributed by atoms with E-state index < -0.39 is 11.8 Å². The molecule has 17 heavy (non-hydrogen) atoms. The van der Waals surface area contributed by atoms with Crippen LogP contribution < -0.4 is 10.6 Å². The van der Waals surface area contributed by atoms with Crippen LogP contribution in [0.3, 0.4) is 0 Å². The first-order valence-electron chi connectivity index (χ1n) is 4.54. The van der Waals surface area contributed by atoms with Gasteiger partial charge in [0.15, 0.2) is 0 Å². The summed E-state index contributed by atoms with van der Waals surface area (Å²) in [6, 6.07) is 0. The third-order valence-corrected chi connectivity index (χ3v) is 1.67. The van der Waals surface area contributed by atoms with Crippen molar-refractivity contribution < 1.29 is 9.59 Å². The Morgan fingerprint density at radius 3 is 1.82 bits per heavy atom. The van der Waals surface area contributed by atoms with Gasteiger partial charge in [-0.1, -0.05) is 0 Å². The molecular weight excluding hydrogens is 228 g/mol. The van der Waals surface area contributed by atoms with Crippen LogP contribution in [-0.4, -0.2) is 42.2 Å². The van der Waals surface area contributed by atoms with Crippen LogP contribution in [-0.2, 0) is 9.59 Å². The number of nitrogens with one attached hydrogen (secondary N) is 4. The Kier molecular flexibility index (Phi) is 3.05. The van der Waals surface area contributed by atoms with Gasteiger partial charge in [0.25, 0.3) is 0 Å². The minimum Gasteiger partial charge on any atom is -0.294 e. The van der Waals surface area contributed by atoms with Gasteiger partial charge in [-0.3, -0.25) is 20.2 Å². The van der Waals surface area contributed by atoms with Crippen molar-refractivity contribution in [3.05, 3.63) is 12.7 Å². The smallest absolute Gasteiger partial charge is 0.236 e. The van der Waals surface area contributed by atoms with Gasteiger partial charge in [0.05, 0.1) is 0 Å². The second-order valence-electron chi connectivity index (χ2n) is 2.94. The van der Waals surface area contributed by atoms with E-state index in [4.69, 9.17) is 0 Å². The predicted molar refractivity (Wildman–Crippen MR) is 54.6 cm³/mol. The number of hydrogen-bond acceptors (Lipinski definition) is 6. The van der Waals surface area contributed by atoms with E-state index in [9.17, 15) is 9.59 Å². The van der Waals surface area contributed by atoms with Gasteiger partial charge in [0.2, 0.25) is 23.7 Å². The predicted octanol–water partition coefficient (Wildman–Crippen LogP) is -1.11. The van der Waals surface area contributed by atoms with Crippen molar-refractivity contribution in [2.75, 3.05) is 10.6 Å². The molecular formula is C7H8N8O2. The fraction of sp³-hybridized carbons (Fsp3) is 0.143. The van der Waals surface area contributed by atoms with Crippen LogP contribution in [0.5, 0.6) is 0 Å². The van der Waals surface area contributed by atoms with Gasteiger partial charge in [-0.2, -0.15) is 20.2 Å². The SMILES string of the molecule is O=C(CC(=O)Nc1ncn[nH]1)Nc1ncn[nH]1. The Labute approximate surface area is 94.2 Å². The maximum Gasteiger partial charge on any atom is 0.236 e. The Balaban J connectivity index is 1.80. The lowest BCUT2D eigenvalue weighted by Crippen LogP contribution is -2.22. The van der Waals surface area contributed by atoms with E-state index in [1.165, 1.54) is 12.7 Å². The molecule has 0 atom stereocenters. The number of rotatable bonds is 4. The molecule has 0 unspecified atom stereocenters. The monoisotopic (exact) mass is 236 g/mol. The molecule has 2 aromatic heterocycles. The lowest BCUT2D eigenvalue weighted by molar-refractivity contribution is -0.123. The molecule has 0 bridgehead atoms. The summed E-state index contributed by atoms with van der Waals surface area (Å²) in [6.07, 6.45) is 2.12. The second-order valence-corrected chi connectivity index (χ2v) is 2.94. The van der Waals surface area contributed by atoms with Gasteiger partial charge in [0, 0.05) is 0 Å². The third kappa shape index (κ3) is 3.09. The zero-order chi connectivity index (χ0) is 12.1. The van der Waals surface area contributed by atoms with Crippen molar-refractivity contribution in [1.82, 2.24) is 30.4 Å². The third-order valence-electron chi connectivity index (χ3n) is 1.67. The van der Waals surface area contributed by atoms with Crippen molar-refractivity contribution in [3.8, 4) is 0 Å². The molecule has 2 rings (SSSR count). The standard InChI is InChI=1S/C7H8N8O2/c16-4(12-6-8-2-10-14-6)1-5(17)13-7-9-3-11-15-7/h2-3H,1H2,(H2,8,10,12,14,16)(H2,9,11,13,15,17). The van der Waals surface area contributed by atoms with Crippen LogP contribution in [0.2, 0.25) is 0 Å². The van der Waals surface area contributed by atoms with Crippen LogP contribution >= 0.6 is 0 Å². The topological polar surface area (TPSA) is 141 Å². The molecule has 2 aromatic rings. The quantitative estimate of drug-likeness (QED) is 0.496. The highest BCUT2D eigenvalue weighted by Gasteiger charge is 2.11.